The molecule has 3 aliphatic rings. The third kappa shape index (κ3) is 3.22. The van der Waals surface area contributed by atoms with E-state index < -0.39 is 0 Å². The zero-order valence-electron chi connectivity index (χ0n) is 20.5. The van der Waals surface area contributed by atoms with E-state index in [1.807, 2.05) is 0 Å². The molecule has 3 aromatic carbocycles. The zero-order valence-corrected chi connectivity index (χ0v) is 20.5. The largest absolute Gasteiger partial charge is 0.351 e. The van der Waals surface area contributed by atoms with Gasteiger partial charge in [-0.25, -0.2) is 0 Å². The fraction of sp³-hybridized carbons (Fsp3) is 0.375. The van der Waals surface area contributed by atoms with E-state index in [1.165, 1.54) is 54.5 Å². The predicted octanol–water partition coefficient (Wildman–Crippen LogP) is 7.29. The summed E-state index contributed by atoms with van der Waals surface area (Å²) in [6, 6.07) is 32.2. The van der Waals surface area contributed by atoms with Crippen LogP contribution in [0.5, 0.6) is 0 Å². The molecule has 174 valence electrons. The number of rotatable bonds is 4. The first-order valence-corrected chi connectivity index (χ1v) is 13.1. The summed E-state index contributed by atoms with van der Waals surface area (Å²) < 4.78 is 0. The molecule has 0 radical (unpaired) electrons. The summed E-state index contributed by atoms with van der Waals surface area (Å²) in [5.74, 6) is 0.702. The van der Waals surface area contributed by atoms with E-state index in [-0.39, 0.29) is 5.41 Å². The summed E-state index contributed by atoms with van der Waals surface area (Å²) in [7, 11) is 0. The van der Waals surface area contributed by atoms with Crippen LogP contribution in [0.1, 0.15) is 55.7 Å². The smallest absolute Gasteiger partial charge is 0.105 e. The summed E-state index contributed by atoms with van der Waals surface area (Å²) in [6.07, 6.45) is 12.2. The second-order valence-electron chi connectivity index (χ2n) is 10.6. The molecule has 2 heteroatoms. The maximum atomic E-state index is 2.79. The molecule has 2 nitrogen and oxygen atoms in total. The minimum atomic E-state index is -0.160. The Morgan fingerprint density at radius 1 is 0.735 bits per heavy atom. The highest BCUT2D eigenvalue weighted by Gasteiger charge is 2.58. The zero-order chi connectivity index (χ0) is 23.1. The van der Waals surface area contributed by atoms with Crippen molar-refractivity contribution in [3.05, 3.63) is 114 Å². The van der Waals surface area contributed by atoms with Gasteiger partial charge in [-0.15, -0.1) is 0 Å². The molecule has 3 aromatic rings. The lowest BCUT2D eigenvalue weighted by Gasteiger charge is -2.40. The van der Waals surface area contributed by atoms with E-state index in [0.29, 0.717) is 24.2 Å². The Morgan fingerprint density at radius 2 is 1.32 bits per heavy atom. The minimum Gasteiger partial charge on any atom is -0.351 e. The normalized spacial score (nSPS) is 26.1. The summed E-state index contributed by atoms with van der Waals surface area (Å²) >= 11 is 0. The molecule has 1 aliphatic carbocycles. The van der Waals surface area contributed by atoms with Gasteiger partial charge in [-0.05, 0) is 61.6 Å². The van der Waals surface area contributed by atoms with E-state index in [4.69, 9.17) is 0 Å². The van der Waals surface area contributed by atoms with Gasteiger partial charge in [-0.1, -0.05) is 104 Å². The molecule has 2 fully saturated rings. The summed E-state index contributed by atoms with van der Waals surface area (Å²) in [6.45, 7) is 4.75. The Hall–Kier alpha value is -3.00. The fourth-order valence-corrected chi connectivity index (χ4v) is 7.30. The summed E-state index contributed by atoms with van der Waals surface area (Å²) in [5, 5.41) is 0. The Morgan fingerprint density at radius 3 is 1.94 bits per heavy atom. The van der Waals surface area contributed by atoms with Gasteiger partial charge in [0.25, 0.3) is 0 Å². The Bertz CT molecular complexity index is 1110. The van der Waals surface area contributed by atoms with Gasteiger partial charge in [0.15, 0.2) is 0 Å². The second kappa shape index (κ2) is 8.65. The lowest BCUT2D eigenvalue weighted by atomic mass is 9.68. The number of anilines is 1. The molecule has 6 rings (SSSR count). The summed E-state index contributed by atoms with van der Waals surface area (Å²) in [5.41, 5.74) is 5.41. The van der Waals surface area contributed by atoms with Crippen molar-refractivity contribution >= 4 is 5.69 Å². The Labute approximate surface area is 204 Å². The third-order valence-corrected chi connectivity index (χ3v) is 8.75. The maximum Gasteiger partial charge on any atom is 0.105 e. The first-order chi connectivity index (χ1) is 16.7. The first-order valence-electron chi connectivity index (χ1n) is 13.1. The topological polar surface area (TPSA) is 6.48 Å². The van der Waals surface area contributed by atoms with Gasteiger partial charge in [0, 0.05) is 5.69 Å². The van der Waals surface area contributed by atoms with Crippen LogP contribution < -0.4 is 4.90 Å². The Kier molecular flexibility index (Phi) is 5.48. The van der Waals surface area contributed by atoms with Gasteiger partial charge in [0.2, 0.25) is 0 Å². The van der Waals surface area contributed by atoms with Gasteiger partial charge in [-0.2, -0.15) is 0 Å². The number of nitrogens with zero attached hydrogens (tertiary/aromatic N) is 2. The van der Waals surface area contributed by atoms with Crippen molar-refractivity contribution in [2.24, 2.45) is 5.92 Å². The number of aryl methyl sites for hydroxylation is 1. The molecule has 3 atom stereocenters. The fourth-order valence-electron chi connectivity index (χ4n) is 7.30. The van der Waals surface area contributed by atoms with Crippen molar-refractivity contribution in [3.63, 3.8) is 0 Å². The number of hydrogen-bond acceptors (Lipinski definition) is 2. The van der Waals surface area contributed by atoms with E-state index in [1.54, 1.807) is 0 Å². The van der Waals surface area contributed by atoms with Crippen LogP contribution in [-0.2, 0) is 5.41 Å². The van der Waals surface area contributed by atoms with Gasteiger partial charge >= 0.3 is 0 Å². The van der Waals surface area contributed by atoms with Crippen molar-refractivity contribution in [2.45, 2.75) is 69.6 Å². The average molecular weight is 449 g/mol. The molecule has 2 heterocycles. The number of para-hydroxylation sites is 1. The van der Waals surface area contributed by atoms with Crippen LogP contribution in [0, 0.1) is 12.8 Å². The molecule has 0 amide bonds. The minimum absolute atomic E-state index is 0.160. The maximum absolute atomic E-state index is 2.79. The molecular formula is C32H36N2. The third-order valence-electron chi connectivity index (χ3n) is 8.75. The van der Waals surface area contributed by atoms with Crippen LogP contribution >= 0.6 is 0 Å². The molecule has 0 aromatic heterocycles. The van der Waals surface area contributed by atoms with Crippen LogP contribution in [-0.4, -0.2) is 23.1 Å². The predicted molar refractivity (Wildman–Crippen MR) is 142 cm³/mol. The SMILES string of the molecule is Cc1ccccc1N1C(C2CCCCC2)N2C=CC(c3ccccc3)(c3ccccc3)C2[C@@H]1C. The molecule has 2 aliphatic heterocycles. The van der Waals surface area contributed by atoms with Crippen LogP contribution in [0.4, 0.5) is 5.69 Å². The van der Waals surface area contributed by atoms with E-state index >= 15 is 0 Å². The van der Waals surface area contributed by atoms with Crippen molar-refractivity contribution in [2.75, 3.05) is 4.90 Å². The highest BCUT2D eigenvalue weighted by Crippen LogP contribution is 2.53. The number of benzene rings is 3. The molecule has 1 saturated carbocycles. The van der Waals surface area contributed by atoms with E-state index in [2.05, 4.69) is 121 Å². The number of hydrogen-bond donors (Lipinski definition) is 0. The van der Waals surface area contributed by atoms with Crippen LogP contribution in [0.25, 0.3) is 0 Å². The van der Waals surface area contributed by atoms with Gasteiger partial charge in [0.05, 0.1) is 17.5 Å². The van der Waals surface area contributed by atoms with E-state index in [9.17, 15) is 0 Å². The molecular weight excluding hydrogens is 412 g/mol. The van der Waals surface area contributed by atoms with Crippen molar-refractivity contribution < 1.29 is 0 Å². The standard InChI is InChI=1S/C32H36N2/c1-24-14-12-13-21-29(24)34-25(2)30-32(27-17-8-4-9-18-27,28-19-10-5-11-20-28)22-23-33(30)31(34)26-15-6-3-7-16-26/h4-5,8-14,17-23,25-26,30-31H,3,6-7,15-16H2,1-2H3/t25-,30?,31?/m0/s1. The first kappa shape index (κ1) is 21.5. The van der Waals surface area contributed by atoms with Crippen LogP contribution in [0.15, 0.2) is 97.2 Å². The van der Waals surface area contributed by atoms with Gasteiger partial charge < -0.3 is 9.80 Å². The molecule has 0 bridgehead atoms. The van der Waals surface area contributed by atoms with Crippen LogP contribution in [0.3, 0.4) is 0 Å². The molecule has 2 unspecified atom stereocenters. The Balaban J connectivity index is 1.53. The molecule has 34 heavy (non-hydrogen) atoms. The number of fused-ring (bicyclic) bond motifs is 1. The van der Waals surface area contributed by atoms with Crippen LogP contribution in [0.2, 0.25) is 0 Å². The molecule has 1 saturated heterocycles. The monoisotopic (exact) mass is 448 g/mol. The van der Waals surface area contributed by atoms with Crippen molar-refractivity contribution in [1.29, 1.82) is 0 Å². The summed E-state index contributed by atoms with van der Waals surface area (Å²) in [4.78, 5) is 5.55. The van der Waals surface area contributed by atoms with E-state index in [0.717, 1.165) is 0 Å². The quantitative estimate of drug-likeness (QED) is 0.413. The highest BCUT2D eigenvalue weighted by atomic mass is 15.5. The van der Waals surface area contributed by atoms with Gasteiger partial charge in [-0.3, -0.25) is 0 Å². The lowest BCUT2D eigenvalue weighted by Crippen LogP contribution is -2.47. The van der Waals surface area contributed by atoms with Crippen molar-refractivity contribution in [3.8, 4) is 0 Å². The molecule has 0 spiro atoms. The van der Waals surface area contributed by atoms with Crippen molar-refractivity contribution in [1.82, 2.24) is 4.90 Å². The average Bonchev–Trinajstić information content (AvgIpc) is 3.43. The lowest BCUT2D eigenvalue weighted by molar-refractivity contribution is 0.170. The highest BCUT2D eigenvalue weighted by molar-refractivity contribution is 5.60. The van der Waals surface area contributed by atoms with Gasteiger partial charge in [0.1, 0.15) is 6.17 Å². The second-order valence-corrected chi connectivity index (χ2v) is 10.6. The molecule has 0 N–H and O–H groups in total.